The minimum Gasteiger partial charge on any atom is -0.356 e. The van der Waals surface area contributed by atoms with E-state index in [9.17, 15) is 8.42 Å². The van der Waals surface area contributed by atoms with Gasteiger partial charge < -0.3 is 10.6 Å². The molecule has 0 unspecified atom stereocenters. The van der Waals surface area contributed by atoms with E-state index < -0.39 is 9.84 Å². The first kappa shape index (κ1) is 20.9. The molecule has 1 aliphatic rings. The molecule has 0 amide bonds. The molecule has 0 aromatic heterocycles. The number of hydrogen-bond acceptors (Lipinski definition) is 3. The van der Waals surface area contributed by atoms with Gasteiger partial charge in [-0.15, -0.1) is 24.0 Å². The van der Waals surface area contributed by atoms with Crippen molar-refractivity contribution in [3.63, 3.8) is 0 Å². The molecule has 0 aromatic rings. The smallest absolute Gasteiger partial charge is 0.191 e. The maximum atomic E-state index is 11.2. The summed E-state index contributed by atoms with van der Waals surface area (Å²) in [7, 11) is -1.12. The monoisotopic (exact) mass is 431 g/mol. The number of guanidine groups is 1. The van der Waals surface area contributed by atoms with E-state index in [1.807, 2.05) is 0 Å². The van der Waals surface area contributed by atoms with Gasteiger partial charge in [0.25, 0.3) is 0 Å². The molecule has 5 nitrogen and oxygen atoms in total. The van der Waals surface area contributed by atoms with Gasteiger partial charge in [-0.2, -0.15) is 0 Å². The summed E-state index contributed by atoms with van der Waals surface area (Å²) < 4.78 is 22.5. The van der Waals surface area contributed by atoms with Gasteiger partial charge in [0.15, 0.2) is 5.96 Å². The molecule has 0 bridgehead atoms. The number of hydrogen-bond donors (Lipinski definition) is 2. The second-order valence-electron chi connectivity index (χ2n) is 6.60. The van der Waals surface area contributed by atoms with Crippen molar-refractivity contribution in [2.45, 2.75) is 52.0 Å². The van der Waals surface area contributed by atoms with Gasteiger partial charge in [0, 0.05) is 25.9 Å². The van der Waals surface area contributed by atoms with Crippen molar-refractivity contribution in [3.8, 4) is 0 Å². The van der Waals surface area contributed by atoms with E-state index in [0.29, 0.717) is 12.5 Å². The normalized spacial score (nSPS) is 17.4. The van der Waals surface area contributed by atoms with Crippen LogP contribution in [0.5, 0.6) is 0 Å². The Bertz CT molecular complexity index is 430. The van der Waals surface area contributed by atoms with E-state index >= 15 is 0 Å². The van der Waals surface area contributed by atoms with Gasteiger partial charge in [0.2, 0.25) is 0 Å². The molecule has 1 rings (SSSR count). The van der Waals surface area contributed by atoms with Crippen LogP contribution in [0.3, 0.4) is 0 Å². The van der Waals surface area contributed by atoms with Crippen molar-refractivity contribution in [1.29, 1.82) is 0 Å². The molecule has 0 spiro atoms. The first-order valence-electron chi connectivity index (χ1n) is 7.37. The molecule has 0 aromatic carbocycles. The summed E-state index contributed by atoms with van der Waals surface area (Å²) in [6, 6.07) is 0.528. The fraction of sp³-hybridized carbons (Fsp3) is 0.929. The Hall–Kier alpha value is -0.0500. The largest absolute Gasteiger partial charge is 0.356 e. The highest BCUT2D eigenvalue weighted by Gasteiger charge is 2.21. The van der Waals surface area contributed by atoms with Crippen molar-refractivity contribution in [3.05, 3.63) is 0 Å². The zero-order valence-corrected chi connectivity index (χ0v) is 16.8. The Balaban J connectivity index is 0.00000400. The molecule has 1 saturated carbocycles. The Morgan fingerprint density at radius 3 is 2.33 bits per heavy atom. The second kappa shape index (κ2) is 9.17. The summed E-state index contributed by atoms with van der Waals surface area (Å²) >= 11 is 0. The highest BCUT2D eigenvalue weighted by molar-refractivity contribution is 14.0. The Kier molecular flexibility index (Phi) is 9.15. The van der Waals surface area contributed by atoms with Crippen LogP contribution < -0.4 is 10.6 Å². The molecule has 126 valence electrons. The highest BCUT2D eigenvalue weighted by Crippen LogP contribution is 2.20. The summed E-state index contributed by atoms with van der Waals surface area (Å²) in [6.07, 6.45) is 6.93. The van der Waals surface area contributed by atoms with Gasteiger partial charge in [-0.3, -0.25) is 4.99 Å². The van der Waals surface area contributed by atoms with Crippen LogP contribution in [0.15, 0.2) is 4.99 Å². The predicted molar refractivity (Wildman–Crippen MR) is 100 cm³/mol. The van der Waals surface area contributed by atoms with E-state index in [-0.39, 0.29) is 35.1 Å². The number of halogens is 1. The zero-order valence-electron chi connectivity index (χ0n) is 13.6. The standard InChI is InChI=1S/C14H29N3O2S.HI/c1-14(2,9-10-20(4,18)19)11-16-13(15-3)17-12-7-5-6-8-12;/h12H,5-11H2,1-4H3,(H2,15,16,17);1H. The maximum Gasteiger partial charge on any atom is 0.191 e. The Morgan fingerprint density at radius 1 is 1.29 bits per heavy atom. The minimum atomic E-state index is -2.89. The van der Waals surface area contributed by atoms with Crippen LogP contribution >= 0.6 is 24.0 Å². The third-order valence-corrected chi connectivity index (χ3v) is 4.75. The zero-order chi connectivity index (χ0) is 15.2. The van der Waals surface area contributed by atoms with E-state index in [2.05, 4.69) is 29.5 Å². The lowest BCUT2D eigenvalue weighted by atomic mass is 9.90. The SMILES string of the molecule is CN=C(NCC(C)(C)CCS(C)(=O)=O)NC1CCCC1.I. The predicted octanol–water partition coefficient (Wildman–Crippen LogP) is 2.17. The minimum absolute atomic E-state index is 0. The van der Waals surface area contributed by atoms with E-state index in [1.165, 1.54) is 31.9 Å². The molecule has 1 fully saturated rings. The van der Waals surface area contributed by atoms with Crippen molar-refractivity contribution in [1.82, 2.24) is 10.6 Å². The number of aliphatic imine (C=N–C) groups is 1. The Morgan fingerprint density at radius 2 is 1.86 bits per heavy atom. The van der Waals surface area contributed by atoms with Crippen LogP contribution in [0.25, 0.3) is 0 Å². The van der Waals surface area contributed by atoms with Gasteiger partial charge >= 0.3 is 0 Å². The molecule has 21 heavy (non-hydrogen) atoms. The Labute approximate surface area is 146 Å². The number of rotatable bonds is 6. The average molecular weight is 431 g/mol. The average Bonchev–Trinajstić information content (AvgIpc) is 2.84. The van der Waals surface area contributed by atoms with Crippen molar-refractivity contribution in [2.24, 2.45) is 10.4 Å². The fourth-order valence-corrected chi connectivity index (χ4v) is 3.25. The van der Waals surface area contributed by atoms with Crippen LogP contribution in [-0.4, -0.2) is 46.0 Å². The van der Waals surface area contributed by atoms with Crippen LogP contribution in [0, 0.1) is 5.41 Å². The van der Waals surface area contributed by atoms with Crippen LogP contribution in [0.4, 0.5) is 0 Å². The van der Waals surface area contributed by atoms with Gasteiger partial charge in [-0.1, -0.05) is 26.7 Å². The van der Waals surface area contributed by atoms with E-state index in [0.717, 1.165) is 12.5 Å². The molecular formula is C14H30IN3O2S. The van der Waals surface area contributed by atoms with Crippen LogP contribution in [-0.2, 0) is 9.84 Å². The highest BCUT2D eigenvalue weighted by atomic mass is 127. The van der Waals surface area contributed by atoms with Crippen LogP contribution in [0.1, 0.15) is 46.0 Å². The molecule has 7 heteroatoms. The summed E-state index contributed by atoms with van der Waals surface area (Å²) in [5.41, 5.74) is -0.0730. The van der Waals surface area contributed by atoms with E-state index in [1.54, 1.807) is 7.05 Å². The lowest BCUT2D eigenvalue weighted by Crippen LogP contribution is -2.45. The summed E-state index contributed by atoms with van der Waals surface area (Å²) in [4.78, 5) is 4.24. The van der Waals surface area contributed by atoms with Crippen molar-refractivity contribution < 1.29 is 8.42 Å². The molecule has 0 atom stereocenters. The molecule has 0 saturated heterocycles. The number of sulfone groups is 1. The lowest BCUT2D eigenvalue weighted by molar-refractivity contribution is 0.348. The fourth-order valence-electron chi connectivity index (χ4n) is 2.33. The quantitative estimate of drug-likeness (QED) is 0.384. The molecular weight excluding hydrogens is 401 g/mol. The molecule has 0 aliphatic heterocycles. The first-order valence-corrected chi connectivity index (χ1v) is 9.43. The van der Waals surface area contributed by atoms with Gasteiger partial charge in [0.05, 0.1) is 5.75 Å². The topological polar surface area (TPSA) is 70.6 Å². The molecule has 1 aliphatic carbocycles. The summed E-state index contributed by atoms with van der Waals surface area (Å²) in [5, 5.41) is 6.75. The second-order valence-corrected chi connectivity index (χ2v) is 8.86. The van der Waals surface area contributed by atoms with Crippen molar-refractivity contribution in [2.75, 3.05) is 25.6 Å². The maximum absolute atomic E-state index is 11.2. The summed E-state index contributed by atoms with van der Waals surface area (Å²) in [5.74, 6) is 1.06. The van der Waals surface area contributed by atoms with Gasteiger partial charge in [-0.05, 0) is 24.7 Å². The van der Waals surface area contributed by atoms with E-state index in [4.69, 9.17) is 0 Å². The molecule has 0 heterocycles. The third kappa shape index (κ3) is 9.55. The van der Waals surface area contributed by atoms with Crippen molar-refractivity contribution >= 4 is 39.8 Å². The lowest BCUT2D eigenvalue weighted by Gasteiger charge is -2.26. The van der Waals surface area contributed by atoms with Crippen LogP contribution in [0.2, 0.25) is 0 Å². The first-order chi connectivity index (χ1) is 9.22. The summed E-state index contributed by atoms with van der Waals surface area (Å²) in [6.45, 7) is 4.87. The number of nitrogens with one attached hydrogen (secondary N) is 2. The van der Waals surface area contributed by atoms with Gasteiger partial charge in [-0.25, -0.2) is 8.42 Å². The third-order valence-electron chi connectivity index (χ3n) is 3.80. The van der Waals surface area contributed by atoms with Gasteiger partial charge in [0.1, 0.15) is 9.84 Å². The molecule has 2 N–H and O–H groups in total. The molecule has 0 radical (unpaired) electrons. The number of nitrogens with zero attached hydrogens (tertiary/aromatic N) is 1.